The fraction of sp³-hybridized carbons (Fsp3) is 0.273. The Morgan fingerprint density at radius 2 is 1.97 bits per heavy atom. The van der Waals surface area contributed by atoms with Gasteiger partial charge in [0, 0.05) is 29.3 Å². The van der Waals surface area contributed by atoms with Crippen LogP contribution in [0.1, 0.15) is 28.9 Å². The molecule has 3 N–H and O–H groups in total. The molecular weight excluding hydrogens is 380 g/mol. The zero-order valence-corrected chi connectivity index (χ0v) is 16.8. The molecule has 30 heavy (non-hydrogen) atoms. The first-order valence-corrected chi connectivity index (χ1v) is 9.98. The van der Waals surface area contributed by atoms with Gasteiger partial charge in [0.1, 0.15) is 5.69 Å². The lowest BCUT2D eigenvalue weighted by Gasteiger charge is -2.15. The summed E-state index contributed by atoms with van der Waals surface area (Å²) < 4.78 is 0. The SMILES string of the molecule is Cc1cc(NC(=O)c2cc(-c3cccnc3)n[nH]2)ccc1NC(=O)CN1CCCC1. The topological polar surface area (TPSA) is 103 Å². The van der Waals surface area contributed by atoms with Crippen LogP contribution in [0.3, 0.4) is 0 Å². The molecule has 1 aliphatic rings. The zero-order valence-electron chi connectivity index (χ0n) is 16.8. The van der Waals surface area contributed by atoms with Gasteiger partial charge in [-0.1, -0.05) is 0 Å². The van der Waals surface area contributed by atoms with Crippen molar-refractivity contribution in [2.24, 2.45) is 0 Å². The molecule has 8 nitrogen and oxygen atoms in total. The quantitative estimate of drug-likeness (QED) is 0.586. The molecule has 1 saturated heterocycles. The number of anilines is 2. The third-order valence-electron chi connectivity index (χ3n) is 5.10. The van der Waals surface area contributed by atoms with Gasteiger partial charge in [0.05, 0.1) is 12.2 Å². The largest absolute Gasteiger partial charge is 0.325 e. The molecule has 1 fully saturated rings. The van der Waals surface area contributed by atoms with Crippen molar-refractivity contribution < 1.29 is 9.59 Å². The first-order chi connectivity index (χ1) is 14.6. The first-order valence-electron chi connectivity index (χ1n) is 9.98. The van der Waals surface area contributed by atoms with Gasteiger partial charge in [0.25, 0.3) is 5.91 Å². The van der Waals surface area contributed by atoms with Crippen LogP contribution in [0.2, 0.25) is 0 Å². The van der Waals surface area contributed by atoms with Gasteiger partial charge >= 0.3 is 0 Å². The number of likely N-dealkylation sites (tertiary alicyclic amines) is 1. The van der Waals surface area contributed by atoms with E-state index in [2.05, 4.69) is 30.7 Å². The minimum Gasteiger partial charge on any atom is -0.325 e. The van der Waals surface area contributed by atoms with E-state index >= 15 is 0 Å². The van der Waals surface area contributed by atoms with E-state index in [1.54, 1.807) is 30.6 Å². The van der Waals surface area contributed by atoms with E-state index in [0.29, 0.717) is 23.6 Å². The minimum atomic E-state index is -0.289. The predicted octanol–water partition coefficient (Wildman–Crippen LogP) is 3.07. The van der Waals surface area contributed by atoms with Crippen LogP contribution in [0.4, 0.5) is 11.4 Å². The number of aryl methyl sites for hydroxylation is 1. The number of hydrogen-bond donors (Lipinski definition) is 3. The van der Waals surface area contributed by atoms with Crippen LogP contribution in [0, 0.1) is 6.92 Å². The van der Waals surface area contributed by atoms with Crippen molar-refractivity contribution in [3.63, 3.8) is 0 Å². The van der Waals surface area contributed by atoms with Crippen LogP contribution < -0.4 is 10.6 Å². The normalized spacial score (nSPS) is 13.9. The molecule has 4 rings (SSSR count). The fourth-order valence-electron chi connectivity index (χ4n) is 3.51. The van der Waals surface area contributed by atoms with E-state index in [-0.39, 0.29) is 11.8 Å². The highest BCUT2D eigenvalue weighted by Gasteiger charge is 2.16. The number of pyridine rings is 1. The zero-order chi connectivity index (χ0) is 20.9. The van der Waals surface area contributed by atoms with E-state index in [9.17, 15) is 9.59 Å². The third-order valence-corrected chi connectivity index (χ3v) is 5.10. The summed E-state index contributed by atoms with van der Waals surface area (Å²) in [4.78, 5) is 31.0. The summed E-state index contributed by atoms with van der Waals surface area (Å²) in [5.74, 6) is -0.306. The molecule has 3 heterocycles. The molecule has 0 radical (unpaired) electrons. The van der Waals surface area contributed by atoms with Gasteiger partial charge in [0.15, 0.2) is 0 Å². The van der Waals surface area contributed by atoms with E-state index in [1.807, 2.05) is 25.1 Å². The molecule has 8 heteroatoms. The van der Waals surface area contributed by atoms with Crippen LogP contribution in [-0.2, 0) is 4.79 Å². The molecule has 2 aromatic heterocycles. The molecule has 1 aliphatic heterocycles. The number of benzene rings is 1. The number of amides is 2. The monoisotopic (exact) mass is 404 g/mol. The van der Waals surface area contributed by atoms with Crippen molar-refractivity contribution >= 4 is 23.2 Å². The van der Waals surface area contributed by atoms with E-state index < -0.39 is 0 Å². The fourth-order valence-corrected chi connectivity index (χ4v) is 3.51. The Morgan fingerprint density at radius 3 is 2.70 bits per heavy atom. The maximum atomic E-state index is 12.6. The summed E-state index contributed by atoms with van der Waals surface area (Å²) in [6, 6.07) is 10.8. The molecule has 0 bridgehead atoms. The Kier molecular flexibility index (Phi) is 5.85. The van der Waals surface area contributed by atoms with Gasteiger partial charge in [-0.3, -0.25) is 24.6 Å². The van der Waals surface area contributed by atoms with Gasteiger partial charge in [-0.25, -0.2) is 0 Å². The molecule has 0 aliphatic carbocycles. The second-order valence-electron chi connectivity index (χ2n) is 7.42. The summed E-state index contributed by atoms with van der Waals surface area (Å²) in [6.07, 6.45) is 5.68. The lowest BCUT2D eigenvalue weighted by atomic mass is 10.1. The van der Waals surface area contributed by atoms with E-state index in [4.69, 9.17) is 0 Å². The standard InChI is InChI=1S/C22H24N6O2/c1-15-11-17(6-7-18(15)25-21(29)14-28-9-2-3-10-28)24-22(30)20-12-19(26-27-20)16-5-4-8-23-13-16/h4-8,11-13H,2-3,9-10,14H2,1H3,(H,24,30)(H,25,29)(H,26,27). The number of nitrogens with zero attached hydrogens (tertiary/aromatic N) is 3. The highest BCUT2D eigenvalue weighted by atomic mass is 16.2. The van der Waals surface area contributed by atoms with E-state index in [1.165, 1.54) is 0 Å². The highest BCUT2D eigenvalue weighted by molar-refractivity contribution is 6.03. The molecule has 0 atom stereocenters. The summed E-state index contributed by atoms with van der Waals surface area (Å²) >= 11 is 0. The van der Waals surface area contributed by atoms with Crippen LogP contribution in [0.5, 0.6) is 0 Å². The Balaban J connectivity index is 1.38. The number of carbonyl (C=O) groups excluding carboxylic acids is 2. The van der Waals surface area contributed by atoms with Gasteiger partial charge < -0.3 is 10.6 Å². The van der Waals surface area contributed by atoms with Crippen molar-refractivity contribution in [1.82, 2.24) is 20.1 Å². The van der Waals surface area contributed by atoms with Crippen molar-refractivity contribution in [1.29, 1.82) is 0 Å². The number of aromatic nitrogens is 3. The van der Waals surface area contributed by atoms with Crippen molar-refractivity contribution in [2.45, 2.75) is 19.8 Å². The van der Waals surface area contributed by atoms with Gasteiger partial charge in [0.2, 0.25) is 5.91 Å². The van der Waals surface area contributed by atoms with Crippen LogP contribution >= 0.6 is 0 Å². The maximum Gasteiger partial charge on any atom is 0.273 e. The Morgan fingerprint density at radius 1 is 1.13 bits per heavy atom. The summed E-state index contributed by atoms with van der Waals surface area (Å²) in [5.41, 5.74) is 4.11. The number of hydrogen-bond acceptors (Lipinski definition) is 5. The third kappa shape index (κ3) is 4.72. The Bertz CT molecular complexity index is 1040. The van der Waals surface area contributed by atoms with Crippen LogP contribution in [0.15, 0.2) is 48.8 Å². The number of carbonyl (C=O) groups is 2. The summed E-state index contributed by atoms with van der Waals surface area (Å²) in [5, 5.41) is 12.7. The summed E-state index contributed by atoms with van der Waals surface area (Å²) in [6.45, 7) is 4.27. The number of rotatable bonds is 6. The van der Waals surface area contributed by atoms with Gasteiger partial charge in [-0.15, -0.1) is 0 Å². The van der Waals surface area contributed by atoms with Crippen LogP contribution in [0.25, 0.3) is 11.3 Å². The van der Waals surface area contributed by atoms with Gasteiger partial charge in [-0.2, -0.15) is 5.10 Å². The number of nitrogens with one attached hydrogen (secondary N) is 3. The molecule has 2 amide bonds. The molecular formula is C22H24N6O2. The average Bonchev–Trinajstić information content (AvgIpc) is 3.43. The van der Waals surface area contributed by atoms with Gasteiger partial charge in [-0.05, 0) is 74.8 Å². The molecule has 0 saturated carbocycles. The summed E-state index contributed by atoms with van der Waals surface area (Å²) in [7, 11) is 0. The van der Waals surface area contributed by atoms with Crippen LogP contribution in [-0.4, -0.2) is 51.5 Å². The second-order valence-corrected chi connectivity index (χ2v) is 7.42. The molecule has 154 valence electrons. The number of H-pyrrole nitrogens is 1. The molecule has 3 aromatic rings. The Hall–Kier alpha value is -3.52. The predicted molar refractivity (Wildman–Crippen MR) is 115 cm³/mol. The van der Waals surface area contributed by atoms with E-state index in [0.717, 1.165) is 42.7 Å². The van der Waals surface area contributed by atoms with Crippen molar-refractivity contribution in [3.8, 4) is 11.3 Å². The lowest BCUT2D eigenvalue weighted by molar-refractivity contribution is -0.117. The van der Waals surface area contributed by atoms with Crippen molar-refractivity contribution in [3.05, 3.63) is 60.0 Å². The smallest absolute Gasteiger partial charge is 0.273 e. The van der Waals surface area contributed by atoms with Crippen molar-refractivity contribution in [2.75, 3.05) is 30.3 Å². The lowest BCUT2D eigenvalue weighted by Crippen LogP contribution is -2.31. The maximum absolute atomic E-state index is 12.6. The second kappa shape index (κ2) is 8.87. The highest BCUT2D eigenvalue weighted by Crippen LogP contribution is 2.21. The minimum absolute atomic E-state index is 0.0165. The molecule has 0 unspecified atom stereocenters. The Labute approximate surface area is 174 Å². The first kappa shape index (κ1) is 19.8. The number of aromatic amines is 1. The molecule has 0 spiro atoms. The molecule has 1 aromatic carbocycles. The average molecular weight is 404 g/mol.